The topological polar surface area (TPSA) is 75.0 Å². The molecule has 0 radical (unpaired) electrons. The smallest absolute Gasteiger partial charge is 0.152 e. The molecule has 4 aromatic rings. The number of aromatic nitrogens is 6. The molecule has 1 atom stereocenters. The van der Waals surface area contributed by atoms with Crippen molar-refractivity contribution in [2.24, 2.45) is 0 Å². The van der Waals surface area contributed by atoms with E-state index in [0.717, 1.165) is 23.5 Å². The second kappa shape index (κ2) is 6.02. The number of pyridine rings is 1. The van der Waals surface area contributed by atoms with Crippen LogP contribution in [0, 0.1) is 12.7 Å². The first-order chi connectivity index (χ1) is 13.1. The summed E-state index contributed by atoms with van der Waals surface area (Å²) >= 11 is 6.10. The SMILES string of the molecule is Cc1ncc(Cl)nc1N1CCc2[nH]cnc2[C@H]1c1cc2c(F)cccn2n1. The quantitative estimate of drug-likeness (QED) is 0.575. The number of hydrogen-bond acceptors (Lipinski definition) is 5. The highest BCUT2D eigenvalue weighted by Crippen LogP contribution is 2.37. The van der Waals surface area contributed by atoms with Gasteiger partial charge in [-0.1, -0.05) is 11.6 Å². The van der Waals surface area contributed by atoms with Crippen molar-refractivity contribution in [3.63, 3.8) is 0 Å². The first-order valence-corrected chi connectivity index (χ1v) is 8.91. The van der Waals surface area contributed by atoms with Crippen LogP contribution in [0.3, 0.4) is 0 Å². The third-order valence-electron chi connectivity index (χ3n) is 4.85. The number of H-pyrrole nitrogens is 1. The summed E-state index contributed by atoms with van der Waals surface area (Å²) in [5.74, 6) is 0.360. The van der Waals surface area contributed by atoms with Gasteiger partial charge in [0.2, 0.25) is 0 Å². The third-order valence-corrected chi connectivity index (χ3v) is 5.03. The van der Waals surface area contributed by atoms with Crippen molar-refractivity contribution in [2.45, 2.75) is 19.4 Å². The van der Waals surface area contributed by atoms with E-state index in [1.807, 2.05) is 6.92 Å². The molecule has 0 saturated carbocycles. The number of hydrogen-bond donors (Lipinski definition) is 1. The predicted octanol–water partition coefficient (Wildman–Crippen LogP) is 3.10. The van der Waals surface area contributed by atoms with Crippen molar-refractivity contribution in [3.8, 4) is 0 Å². The van der Waals surface area contributed by atoms with Crippen LogP contribution < -0.4 is 4.90 Å². The molecule has 136 valence electrons. The normalized spacial score (nSPS) is 16.7. The predicted molar refractivity (Wildman–Crippen MR) is 98.4 cm³/mol. The van der Waals surface area contributed by atoms with Crippen molar-refractivity contribution in [1.29, 1.82) is 0 Å². The molecule has 5 rings (SSSR count). The Bertz CT molecular complexity index is 1150. The number of aryl methyl sites for hydroxylation is 1. The molecule has 9 heteroatoms. The Hall–Kier alpha value is -3.00. The van der Waals surface area contributed by atoms with Gasteiger partial charge in [-0.05, 0) is 25.1 Å². The zero-order valence-corrected chi connectivity index (χ0v) is 15.2. The van der Waals surface area contributed by atoms with E-state index >= 15 is 0 Å². The van der Waals surface area contributed by atoms with Crippen molar-refractivity contribution in [1.82, 2.24) is 29.5 Å². The number of anilines is 1. The van der Waals surface area contributed by atoms with Crippen LogP contribution in [-0.2, 0) is 6.42 Å². The molecule has 1 aliphatic rings. The van der Waals surface area contributed by atoms with Crippen LogP contribution in [0.5, 0.6) is 0 Å². The van der Waals surface area contributed by atoms with E-state index in [9.17, 15) is 4.39 Å². The maximum atomic E-state index is 14.2. The minimum Gasteiger partial charge on any atom is -0.348 e. The van der Waals surface area contributed by atoms with Crippen LogP contribution in [0.2, 0.25) is 5.15 Å². The van der Waals surface area contributed by atoms with Gasteiger partial charge >= 0.3 is 0 Å². The highest BCUT2D eigenvalue weighted by molar-refractivity contribution is 6.29. The van der Waals surface area contributed by atoms with Gasteiger partial charge in [-0.25, -0.2) is 18.9 Å². The van der Waals surface area contributed by atoms with Gasteiger partial charge in [-0.15, -0.1) is 0 Å². The Kier molecular flexibility index (Phi) is 3.61. The van der Waals surface area contributed by atoms with Crippen LogP contribution in [-0.4, -0.2) is 36.1 Å². The van der Waals surface area contributed by atoms with Crippen molar-refractivity contribution >= 4 is 22.9 Å². The minimum absolute atomic E-state index is 0.314. The zero-order chi connectivity index (χ0) is 18.5. The summed E-state index contributed by atoms with van der Waals surface area (Å²) in [7, 11) is 0. The van der Waals surface area contributed by atoms with Gasteiger partial charge in [0.25, 0.3) is 0 Å². The summed E-state index contributed by atoms with van der Waals surface area (Å²) in [5, 5.41) is 4.93. The molecule has 0 amide bonds. The average Bonchev–Trinajstić information content (AvgIpc) is 3.30. The van der Waals surface area contributed by atoms with E-state index in [1.54, 1.807) is 29.2 Å². The van der Waals surface area contributed by atoms with Crippen molar-refractivity contribution in [3.05, 3.63) is 70.7 Å². The lowest BCUT2D eigenvalue weighted by atomic mass is 9.99. The van der Waals surface area contributed by atoms with Crippen LogP contribution in [0.4, 0.5) is 10.2 Å². The second-order valence-electron chi connectivity index (χ2n) is 6.47. The van der Waals surface area contributed by atoms with Gasteiger partial charge in [0.1, 0.15) is 22.5 Å². The Morgan fingerprint density at radius 1 is 1.33 bits per heavy atom. The van der Waals surface area contributed by atoms with E-state index in [2.05, 4.69) is 29.9 Å². The fourth-order valence-electron chi connectivity index (χ4n) is 3.63. The first-order valence-electron chi connectivity index (χ1n) is 8.53. The van der Waals surface area contributed by atoms with Crippen LogP contribution >= 0.6 is 11.6 Å². The highest BCUT2D eigenvalue weighted by Gasteiger charge is 2.35. The molecular formula is C18H15ClFN7. The lowest BCUT2D eigenvalue weighted by Gasteiger charge is -2.35. The number of rotatable bonds is 2. The lowest BCUT2D eigenvalue weighted by Crippen LogP contribution is -2.37. The largest absolute Gasteiger partial charge is 0.348 e. The summed E-state index contributed by atoms with van der Waals surface area (Å²) in [6.07, 6.45) is 5.71. The lowest BCUT2D eigenvalue weighted by molar-refractivity contribution is 0.606. The van der Waals surface area contributed by atoms with Gasteiger partial charge in [-0.2, -0.15) is 5.10 Å². The molecule has 0 aromatic carbocycles. The zero-order valence-electron chi connectivity index (χ0n) is 14.4. The second-order valence-corrected chi connectivity index (χ2v) is 6.86. The molecule has 0 spiro atoms. The molecule has 1 N–H and O–H groups in total. The molecule has 27 heavy (non-hydrogen) atoms. The van der Waals surface area contributed by atoms with Crippen molar-refractivity contribution < 1.29 is 4.39 Å². The molecule has 5 heterocycles. The fraction of sp³-hybridized carbons (Fsp3) is 0.222. The average molecular weight is 384 g/mol. The number of halogens is 2. The molecule has 0 unspecified atom stereocenters. The molecule has 4 aromatic heterocycles. The van der Waals surface area contributed by atoms with E-state index in [4.69, 9.17) is 11.6 Å². The minimum atomic E-state index is -0.320. The standard InChI is InChI=1S/C18H15ClFN7/c1-10-18(24-15(19)8-21-10)26-6-4-12-16(23-9-22-12)17(26)13-7-14-11(20)3-2-5-27(14)25-13/h2-3,5,7-9,17H,4,6H2,1H3,(H,22,23)/t17-/m1/s1. The Labute approximate surface area is 158 Å². The van der Waals surface area contributed by atoms with Gasteiger partial charge in [0.15, 0.2) is 5.82 Å². The number of aromatic amines is 1. The number of nitrogens with zero attached hydrogens (tertiary/aromatic N) is 6. The molecule has 7 nitrogen and oxygen atoms in total. The number of nitrogens with one attached hydrogen (secondary N) is 1. The monoisotopic (exact) mass is 383 g/mol. The summed E-state index contributed by atoms with van der Waals surface area (Å²) in [5.41, 5.74) is 3.77. The van der Waals surface area contributed by atoms with Crippen LogP contribution in [0.15, 0.2) is 36.9 Å². The molecular weight excluding hydrogens is 369 g/mol. The third kappa shape index (κ3) is 2.56. The maximum Gasteiger partial charge on any atom is 0.152 e. The Balaban J connectivity index is 1.71. The Morgan fingerprint density at radius 2 is 2.22 bits per heavy atom. The van der Waals surface area contributed by atoms with Gasteiger partial charge in [0, 0.05) is 24.9 Å². The molecule has 0 fully saturated rings. The summed E-state index contributed by atoms with van der Waals surface area (Å²) in [6.45, 7) is 2.57. The number of imidazole rings is 1. The first kappa shape index (κ1) is 16.2. The molecule has 0 aliphatic carbocycles. The fourth-order valence-corrected chi connectivity index (χ4v) is 3.76. The van der Waals surface area contributed by atoms with E-state index in [0.29, 0.717) is 28.7 Å². The number of fused-ring (bicyclic) bond motifs is 2. The van der Waals surface area contributed by atoms with E-state index in [-0.39, 0.29) is 11.9 Å². The molecule has 1 aliphatic heterocycles. The van der Waals surface area contributed by atoms with Gasteiger partial charge in [0.05, 0.1) is 29.6 Å². The van der Waals surface area contributed by atoms with Gasteiger partial charge in [-0.3, -0.25) is 4.98 Å². The van der Waals surface area contributed by atoms with E-state index < -0.39 is 0 Å². The summed E-state index contributed by atoms with van der Waals surface area (Å²) in [4.78, 5) is 18.6. The summed E-state index contributed by atoms with van der Waals surface area (Å²) in [6, 6.07) is 4.49. The summed E-state index contributed by atoms with van der Waals surface area (Å²) < 4.78 is 15.7. The maximum absolute atomic E-state index is 14.2. The van der Waals surface area contributed by atoms with Gasteiger partial charge < -0.3 is 9.88 Å². The molecule has 0 saturated heterocycles. The highest BCUT2D eigenvalue weighted by atomic mass is 35.5. The van der Waals surface area contributed by atoms with Crippen molar-refractivity contribution in [2.75, 3.05) is 11.4 Å². The van der Waals surface area contributed by atoms with Crippen LogP contribution in [0.25, 0.3) is 5.52 Å². The molecule has 0 bridgehead atoms. The Morgan fingerprint density at radius 3 is 3.07 bits per heavy atom. The van der Waals surface area contributed by atoms with E-state index in [1.165, 1.54) is 12.3 Å². The van der Waals surface area contributed by atoms with Crippen LogP contribution in [0.1, 0.15) is 28.8 Å².